The number of hydrogen-bond acceptors (Lipinski definition) is 5. The number of nitriles is 1. The highest BCUT2D eigenvalue weighted by atomic mass is 32.2. The third kappa shape index (κ3) is 3.94. The predicted molar refractivity (Wildman–Crippen MR) is 80.0 cm³/mol. The van der Waals surface area contributed by atoms with Gasteiger partial charge in [0.2, 0.25) is 0 Å². The Morgan fingerprint density at radius 1 is 1.33 bits per heavy atom. The van der Waals surface area contributed by atoms with E-state index < -0.39 is 0 Å². The molecule has 0 radical (unpaired) electrons. The summed E-state index contributed by atoms with van der Waals surface area (Å²) in [6.45, 7) is 0. The maximum absolute atomic E-state index is 11.8. The van der Waals surface area contributed by atoms with Gasteiger partial charge in [0.25, 0.3) is 0 Å². The second-order valence-corrected chi connectivity index (χ2v) is 5.34. The van der Waals surface area contributed by atoms with Gasteiger partial charge in [-0.1, -0.05) is 23.9 Å². The first kappa shape index (κ1) is 14.8. The van der Waals surface area contributed by atoms with Crippen molar-refractivity contribution in [2.24, 2.45) is 0 Å². The van der Waals surface area contributed by atoms with E-state index >= 15 is 0 Å². The average molecular weight is 299 g/mol. The van der Waals surface area contributed by atoms with Gasteiger partial charge < -0.3 is 10.2 Å². The molecule has 21 heavy (non-hydrogen) atoms. The van der Waals surface area contributed by atoms with Gasteiger partial charge in [0, 0.05) is 19.0 Å². The first-order valence-corrected chi connectivity index (χ1v) is 6.89. The number of carbonyl (C=O) groups is 1. The van der Waals surface area contributed by atoms with Crippen LogP contribution in [0.25, 0.3) is 0 Å². The molecular formula is C14H13N5OS. The monoisotopic (exact) mass is 299 g/mol. The van der Waals surface area contributed by atoms with Crippen LogP contribution in [0.3, 0.4) is 0 Å². The molecule has 1 heterocycles. The second-order valence-electron chi connectivity index (χ2n) is 4.28. The van der Waals surface area contributed by atoms with E-state index in [-0.39, 0.29) is 11.7 Å². The molecule has 2 aromatic rings. The van der Waals surface area contributed by atoms with E-state index in [2.05, 4.69) is 15.3 Å². The number of hydrogen-bond donors (Lipinski definition) is 1. The quantitative estimate of drug-likeness (QED) is 0.942. The zero-order valence-corrected chi connectivity index (χ0v) is 12.4. The van der Waals surface area contributed by atoms with E-state index in [1.807, 2.05) is 30.3 Å². The summed E-state index contributed by atoms with van der Waals surface area (Å²) in [4.78, 5) is 22.2. The van der Waals surface area contributed by atoms with Crippen LogP contribution < -0.4 is 5.32 Å². The van der Waals surface area contributed by atoms with E-state index in [0.29, 0.717) is 10.7 Å². The molecule has 0 fully saturated rings. The highest BCUT2D eigenvalue weighted by Crippen LogP contribution is 2.32. The van der Waals surface area contributed by atoms with E-state index in [0.717, 1.165) is 4.90 Å². The van der Waals surface area contributed by atoms with Gasteiger partial charge in [-0.15, -0.1) is 0 Å². The number of aromatic nitrogens is 2. The SMILES string of the molecule is CN(C)C(=O)Nc1ccccc1Sc1cncc(C#N)n1. The number of benzene rings is 1. The molecule has 0 aliphatic heterocycles. The second kappa shape index (κ2) is 6.72. The Bertz CT molecular complexity index is 696. The first-order chi connectivity index (χ1) is 10.1. The van der Waals surface area contributed by atoms with E-state index in [1.54, 1.807) is 20.3 Å². The fourth-order valence-electron chi connectivity index (χ4n) is 1.45. The number of carbonyl (C=O) groups excluding carboxylic acids is 1. The van der Waals surface area contributed by atoms with Crippen LogP contribution in [-0.4, -0.2) is 35.0 Å². The van der Waals surface area contributed by atoms with Gasteiger partial charge in [-0.2, -0.15) is 5.26 Å². The zero-order valence-electron chi connectivity index (χ0n) is 11.6. The van der Waals surface area contributed by atoms with Crippen LogP contribution in [0.1, 0.15) is 5.69 Å². The summed E-state index contributed by atoms with van der Waals surface area (Å²) in [5.41, 5.74) is 0.945. The molecule has 0 saturated heterocycles. The summed E-state index contributed by atoms with van der Waals surface area (Å²) in [5, 5.41) is 12.2. The Hall–Kier alpha value is -2.59. The fraction of sp³-hybridized carbons (Fsp3) is 0.143. The summed E-state index contributed by atoms with van der Waals surface area (Å²) < 4.78 is 0. The zero-order chi connectivity index (χ0) is 15.2. The Balaban J connectivity index is 2.24. The van der Waals surface area contributed by atoms with Gasteiger partial charge in [0.15, 0.2) is 5.69 Å². The summed E-state index contributed by atoms with van der Waals surface area (Å²) in [6, 6.07) is 9.14. The molecule has 2 amide bonds. The molecule has 7 heteroatoms. The molecular weight excluding hydrogens is 286 g/mol. The van der Waals surface area contributed by atoms with Crippen LogP contribution in [-0.2, 0) is 0 Å². The predicted octanol–water partition coefficient (Wildman–Crippen LogP) is 2.59. The number of amides is 2. The van der Waals surface area contributed by atoms with Gasteiger partial charge in [-0.25, -0.2) is 9.78 Å². The van der Waals surface area contributed by atoms with Gasteiger partial charge in [-0.3, -0.25) is 4.98 Å². The molecule has 1 aromatic carbocycles. The molecule has 0 spiro atoms. The molecule has 0 aliphatic rings. The summed E-state index contributed by atoms with van der Waals surface area (Å²) in [7, 11) is 3.35. The van der Waals surface area contributed by atoms with Crippen molar-refractivity contribution in [3.05, 3.63) is 42.4 Å². The largest absolute Gasteiger partial charge is 0.331 e. The molecule has 0 aliphatic carbocycles. The fourth-order valence-corrected chi connectivity index (χ4v) is 2.31. The van der Waals surface area contributed by atoms with Gasteiger partial charge in [-0.05, 0) is 12.1 Å². The molecule has 0 atom stereocenters. The summed E-state index contributed by atoms with van der Waals surface area (Å²) >= 11 is 1.34. The minimum atomic E-state index is -0.208. The molecule has 0 saturated carbocycles. The smallest absolute Gasteiger partial charge is 0.321 e. The van der Waals surface area contributed by atoms with Crippen molar-refractivity contribution in [1.29, 1.82) is 5.26 Å². The highest BCUT2D eigenvalue weighted by molar-refractivity contribution is 7.99. The van der Waals surface area contributed by atoms with Crippen LogP contribution in [0, 0.1) is 11.3 Å². The highest BCUT2D eigenvalue weighted by Gasteiger charge is 2.10. The standard InChI is InChI=1S/C14H13N5OS/c1-19(2)14(20)18-11-5-3-4-6-12(11)21-13-9-16-8-10(7-15)17-13/h3-6,8-9H,1-2H3,(H,18,20). The van der Waals surface area contributed by atoms with Gasteiger partial charge >= 0.3 is 6.03 Å². The van der Waals surface area contributed by atoms with Gasteiger partial charge in [0.05, 0.1) is 18.1 Å². The maximum atomic E-state index is 11.8. The molecule has 1 aromatic heterocycles. The van der Waals surface area contributed by atoms with Crippen LogP contribution in [0.5, 0.6) is 0 Å². The lowest BCUT2D eigenvalue weighted by molar-refractivity contribution is 0.230. The van der Waals surface area contributed by atoms with Crippen molar-refractivity contribution in [3.8, 4) is 6.07 Å². The molecule has 0 bridgehead atoms. The number of anilines is 1. The maximum Gasteiger partial charge on any atom is 0.321 e. The Labute approximate surface area is 126 Å². The van der Waals surface area contributed by atoms with Crippen LogP contribution in [0.2, 0.25) is 0 Å². The number of nitrogens with zero attached hydrogens (tertiary/aromatic N) is 4. The Morgan fingerprint density at radius 3 is 2.81 bits per heavy atom. The lowest BCUT2D eigenvalue weighted by atomic mass is 10.3. The van der Waals surface area contributed by atoms with Crippen molar-refractivity contribution in [2.45, 2.75) is 9.92 Å². The van der Waals surface area contributed by atoms with Crippen molar-refractivity contribution in [2.75, 3.05) is 19.4 Å². The number of rotatable bonds is 3. The third-order valence-electron chi connectivity index (χ3n) is 2.48. The van der Waals surface area contributed by atoms with Crippen molar-refractivity contribution in [3.63, 3.8) is 0 Å². The lowest BCUT2D eigenvalue weighted by Crippen LogP contribution is -2.27. The van der Waals surface area contributed by atoms with Crippen LogP contribution in [0.4, 0.5) is 10.5 Å². The minimum Gasteiger partial charge on any atom is -0.331 e. The van der Waals surface area contributed by atoms with Crippen molar-refractivity contribution in [1.82, 2.24) is 14.9 Å². The average Bonchev–Trinajstić information content (AvgIpc) is 2.49. The van der Waals surface area contributed by atoms with Gasteiger partial charge in [0.1, 0.15) is 11.1 Å². The van der Waals surface area contributed by atoms with E-state index in [1.165, 1.54) is 22.9 Å². The first-order valence-electron chi connectivity index (χ1n) is 6.07. The van der Waals surface area contributed by atoms with E-state index in [4.69, 9.17) is 5.26 Å². The molecule has 1 N–H and O–H groups in total. The van der Waals surface area contributed by atoms with Crippen LogP contribution in [0.15, 0.2) is 46.6 Å². The Morgan fingerprint density at radius 2 is 2.10 bits per heavy atom. The Kier molecular flexibility index (Phi) is 4.74. The molecule has 6 nitrogen and oxygen atoms in total. The minimum absolute atomic E-state index is 0.208. The molecule has 0 unspecified atom stereocenters. The number of para-hydroxylation sites is 1. The van der Waals surface area contributed by atoms with Crippen molar-refractivity contribution < 1.29 is 4.79 Å². The van der Waals surface area contributed by atoms with Crippen molar-refractivity contribution >= 4 is 23.5 Å². The molecule has 2 rings (SSSR count). The number of nitrogens with one attached hydrogen (secondary N) is 1. The normalized spacial score (nSPS) is 9.76. The van der Waals surface area contributed by atoms with E-state index in [9.17, 15) is 4.79 Å². The van der Waals surface area contributed by atoms with Crippen LogP contribution >= 0.6 is 11.8 Å². The summed E-state index contributed by atoms with van der Waals surface area (Å²) in [6.07, 6.45) is 2.99. The third-order valence-corrected chi connectivity index (χ3v) is 3.46. The molecule has 106 valence electrons. The lowest BCUT2D eigenvalue weighted by Gasteiger charge is -2.14. The number of urea groups is 1. The summed E-state index contributed by atoms with van der Waals surface area (Å²) in [5.74, 6) is 0. The topological polar surface area (TPSA) is 81.9 Å².